The van der Waals surface area contributed by atoms with Crippen molar-refractivity contribution in [3.8, 4) is 0 Å². The summed E-state index contributed by atoms with van der Waals surface area (Å²) in [6.45, 7) is 9.23. The van der Waals surface area contributed by atoms with Crippen molar-refractivity contribution in [2.24, 2.45) is 0 Å². The number of rotatable bonds is 5. The molecule has 23 heavy (non-hydrogen) atoms. The highest BCUT2D eigenvalue weighted by atomic mass is 79.9. The molecule has 7 nitrogen and oxygen atoms in total. The number of nitro groups is 1. The van der Waals surface area contributed by atoms with E-state index < -0.39 is 16.6 Å². The van der Waals surface area contributed by atoms with Crippen molar-refractivity contribution in [1.29, 1.82) is 0 Å². The second-order valence-corrected chi connectivity index (χ2v) is 7.16. The highest BCUT2D eigenvalue weighted by Gasteiger charge is 2.18. The van der Waals surface area contributed by atoms with Gasteiger partial charge in [0.1, 0.15) is 5.60 Å². The molecule has 0 fully saturated rings. The van der Waals surface area contributed by atoms with Gasteiger partial charge in [0, 0.05) is 28.7 Å². The second kappa shape index (κ2) is 7.63. The van der Waals surface area contributed by atoms with E-state index in [0.717, 1.165) is 4.47 Å². The Balaban J connectivity index is 2.67. The van der Waals surface area contributed by atoms with Crippen LogP contribution in [0.2, 0.25) is 0 Å². The van der Waals surface area contributed by atoms with Gasteiger partial charge in [0.05, 0.1) is 10.6 Å². The molecule has 0 aromatic heterocycles. The van der Waals surface area contributed by atoms with Crippen molar-refractivity contribution in [3.05, 3.63) is 32.3 Å². The lowest BCUT2D eigenvalue weighted by Gasteiger charge is -2.21. The number of nitrogens with one attached hydrogen (secondary N) is 2. The van der Waals surface area contributed by atoms with Gasteiger partial charge in [-0.1, -0.05) is 0 Å². The number of hydrogen-bond acceptors (Lipinski definition) is 5. The minimum Gasteiger partial charge on any atom is -0.444 e. The first-order valence-electron chi connectivity index (χ1n) is 7.17. The lowest BCUT2D eigenvalue weighted by Crippen LogP contribution is -2.38. The zero-order chi connectivity index (χ0) is 17.8. The lowest BCUT2D eigenvalue weighted by atomic mass is 10.1. The number of amides is 1. The van der Waals surface area contributed by atoms with E-state index in [1.807, 2.05) is 6.92 Å². The van der Waals surface area contributed by atoms with Crippen molar-refractivity contribution in [2.75, 3.05) is 11.9 Å². The van der Waals surface area contributed by atoms with Gasteiger partial charge >= 0.3 is 6.09 Å². The van der Waals surface area contributed by atoms with Crippen molar-refractivity contribution < 1.29 is 14.5 Å². The molecule has 1 aromatic rings. The fraction of sp³-hybridized carbons (Fsp3) is 0.533. The molecule has 0 saturated carbocycles. The van der Waals surface area contributed by atoms with E-state index in [1.54, 1.807) is 33.8 Å². The highest BCUT2D eigenvalue weighted by molar-refractivity contribution is 9.10. The maximum Gasteiger partial charge on any atom is 0.407 e. The largest absolute Gasteiger partial charge is 0.444 e. The fourth-order valence-corrected chi connectivity index (χ4v) is 2.41. The van der Waals surface area contributed by atoms with Crippen LogP contribution in [-0.4, -0.2) is 29.2 Å². The average Bonchev–Trinajstić information content (AvgIpc) is 2.37. The maximum absolute atomic E-state index is 11.6. The molecule has 0 radical (unpaired) electrons. The van der Waals surface area contributed by atoms with Gasteiger partial charge in [-0.3, -0.25) is 10.1 Å². The quantitative estimate of drug-likeness (QED) is 0.588. The first-order chi connectivity index (χ1) is 10.5. The van der Waals surface area contributed by atoms with Crippen LogP contribution in [0.5, 0.6) is 0 Å². The van der Waals surface area contributed by atoms with Crippen LogP contribution in [0.15, 0.2) is 16.6 Å². The third kappa shape index (κ3) is 6.43. The molecular weight excluding hydrogens is 366 g/mol. The van der Waals surface area contributed by atoms with Gasteiger partial charge in [0.2, 0.25) is 0 Å². The molecule has 0 spiro atoms. The Morgan fingerprint density at radius 3 is 2.57 bits per heavy atom. The molecule has 0 aliphatic carbocycles. The Morgan fingerprint density at radius 2 is 2.04 bits per heavy atom. The smallest absolute Gasteiger partial charge is 0.407 e. The van der Waals surface area contributed by atoms with E-state index in [1.165, 1.54) is 6.07 Å². The molecule has 1 rings (SSSR count). The summed E-state index contributed by atoms with van der Waals surface area (Å²) in [6.07, 6.45) is -0.500. The topological polar surface area (TPSA) is 93.5 Å². The van der Waals surface area contributed by atoms with Crippen LogP contribution in [0.3, 0.4) is 0 Å². The lowest BCUT2D eigenvalue weighted by molar-refractivity contribution is -0.385. The Morgan fingerprint density at radius 1 is 1.43 bits per heavy atom. The van der Waals surface area contributed by atoms with E-state index in [4.69, 9.17) is 4.74 Å². The van der Waals surface area contributed by atoms with Gasteiger partial charge in [0.15, 0.2) is 0 Å². The van der Waals surface area contributed by atoms with Crippen LogP contribution in [-0.2, 0) is 4.74 Å². The Hall–Kier alpha value is -1.83. The monoisotopic (exact) mass is 387 g/mol. The molecule has 0 aliphatic rings. The van der Waals surface area contributed by atoms with Crippen molar-refractivity contribution in [2.45, 2.75) is 46.3 Å². The van der Waals surface area contributed by atoms with Crippen LogP contribution in [0, 0.1) is 17.0 Å². The van der Waals surface area contributed by atoms with E-state index in [-0.39, 0.29) is 11.7 Å². The number of carbonyl (C=O) groups excluding carboxylic acids is 1. The van der Waals surface area contributed by atoms with Gasteiger partial charge in [-0.2, -0.15) is 0 Å². The molecule has 0 heterocycles. The number of nitrogens with zero attached hydrogens (tertiary/aromatic N) is 1. The van der Waals surface area contributed by atoms with Gasteiger partial charge in [-0.15, -0.1) is 0 Å². The molecule has 1 aromatic carbocycles. The summed E-state index contributed by atoms with van der Waals surface area (Å²) in [6, 6.07) is 3.03. The molecular formula is C15H22BrN3O4. The highest BCUT2D eigenvalue weighted by Crippen LogP contribution is 2.30. The number of anilines is 1. The minimum absolute atomic E-state index is 0.0444. The summed E-state index contributed by atoms with van der Waals surface area (Å²) < 4.78 is 5.88. The number of nitro benzene ring substituents is 1. The van der Waals surface area contributed by atoms with Crippen LogP contribution in [0.1, 0.15) is 33.3 Å². The number of ether oxygens (including phenoxy) is 1. The number of halogens is 1. The predicted octanol–water partition coefficient (Wildman–Crippen LogP) is 3.99. The van der Waals surface area contributed by atoms with Crippen molar-refractivity contribution >= 4 is 33.4 Å². The van der Waals surface area contributed by atoms with Gasteiger partial charge in [-0.25, -0.2) is 4.79 Å². The summed E-state index contributed by atoms with van der Waals surface area (Å²) in [5.74, 6) is 0. The van der Waals surface area contributed by atoms with Crippen molar-refractivity contribution in [3.63, 3.8) is 0 Å². The second-order valence-electron chi connectivity index (χ2n) is 6.30. The predicted molar refractivity (Wildman–Crippen MR) is 92.9 cm³/mol. The summed E-state index contributed by atoms with van der Waals surface area (Å²) in [5, 5.41) is 16.8. The van der Waals surface area contributed by atoms with Crippen LogP contribution < -0.4 is 10.6 Å². The standard InChI is InChI=1S/C15H22BrN3O4/c1-9-6-11(16)12(7-13(9)19(21)22)18-10(2)8-17-14(20)23-15(3,4)5/h6-7,10,18H,8H2,1-5H3,(H,17,20). The number of carbonyl (C=O) groups is 1. The third-order valence-corrected chi connectivity index (χ3v) is 3.49. The molecule has 1 amide bonds. The number of aryl methyl sites for hydroxylation is 1. The van der Waals surface area contributed by atoms with E-state index in [0.29, 0.717) is 17.8 Å². The van der Waals surface area contributed by atoms with Gasteiger partial charge in [0.25, 0.3) is 5.69 Å². The number of benzene rings is 1. The molecule has 0 bridgehead atoms. The fourth-order valence-electron chi connectivity index (χ4n) is 1.84. The SMILES string of the molecule is Cc1cc(Br)c(NC(C)CNC(=O)OC(C)(C)C)cc1[N+](=O)[O-]. The minimum atomic E-state index is -0.554. The van der Waals surface area contributed by atoms with Gasteiger partial charge in [-0.05, 0) is 56.6 Å². The van der Waals surface area contributed by atoms with Gasteiger partial charge < -0.3 is 15.4 Å². The zero-order valence-corrected chi connectivity index (χ0v) is 15.5. The van der Waals surface area contributed by atoms with Crippen LogP contribution >= 0.6 is 15.9 Å². The average molecular weight is 388 g/mol. The molecule has 2 N–H and O–H groups in total. The first-order valence-corrected chi connectivity index (χ1v) is 7.97. The molecule has 128 valence electrons. The summed E-state index contributed by atoms with van der Waals surface area (Å²) in [5.41, 5.74) is 0.664. The third-order valence-electron chi connectivity index (χ3n) is 2.84. The summed E-state index contributed by atoms with van der Waals surface area (Å²) in [7, 11) is 0. The van der Waals surface area contributed by atoms with Crippen LogP contribution in [0.25, 0.3) is 0 Å². The Bertz CT molecular complexity index is 599. The van der Waals surface area contributed by atoms with Crippen LogP contribution in [0.4, 0.5) is 16.2 Å². The van der Waals surface area contributed by atoms with E-state index >= 15 is 0 Å². The molecule has 8 heteroatoms. The maximum atomic E-state index is 11.6. The van der Waals surface area contributed by atoms with Crippen molar-refractivity contribution in [1.82, 2.24) is 5.32 Å². The Kier molecular flexibility index (Phi) is 6.37. The molecule has 0 saturated heterocycles. The number of hydrogen-bond donors (Lipinski definition) is 2. The number of alkyl carbamates (subject to hydrolysis) is 1. The Labute approximate surface area is 144 Å². The molecule has 0 aliphatic heterocycles. The molecule has 1 atom stereocenters. The van der Waals surface area contributed by atoms with E-state index in [2.05, 4.69) is 26.6 Å². The summed E-state index contributed by atoms with van der Waals surface area (Å²) >= 11 is 3.38. The molecule has 1 unspecified atom stereocenters. The normalized spacial score (nSPS) is 12.4. The summed E-state index contributed by atoms with van der Waals surface area (Å²) in [4.78, 5) is 22.2. The first kappa shape index (κ1) is 19.2. The zero-order valence-electron chi connectivity index (χ0n) is 13.9. The van der Waals surface area contributed by atoms with E-state index in [9.17, 15) is 14.9 Å².